The third-order valence-corrected chi connectivity index (χ3v) is 4.96. The van der Waals surface area contributed by atoms with Crippen LogP contribution in [0.1, 0.15) is 23.0 Å². The van der Waals surface area contributed by atoms with Crippen LogP contribution in [0.4, 0.5) is 0 Å². The van der Waals surface area contributed by atoms with Crippen LogP contribution in [0.25, 0.3) is 22.2 Å². The van der Waals surface area contributed by atoms with E-state index in [1.54, 1.807) is 17.7 Å². The number of esters is 1. The van der Waals surface area contributed by atoms with Crippen LogP contribution in [0.2, 0.25) is 5.02 Å². The van der Waals surface area contributed by atoms with Crippen LogP contribution in [0.15, 0.2) is 54.7 Å². The lowest BCUT2D eigenvalue weighted by Gasteiger charge is -2.09. The fourth-order valence-corrected chi connectivity index (χ4v) is 3.36. The van der Waals surface area contributed by atoms with Gasteiger partial charge in [0.05, 0.1) is 30.6 Å². The number of hydrogen-bond donors (Lipinski definition) is 0. The molecular formula is C21H19ClN4O2. The van der Waals surface area contributed by atoms with Crippen LogP contribution in [0.3, 0.4) is 0 Å². The van der Waals surface area contributed by atoms with Gasteiger partial charge in [0.1, 0.15) is 0 Å². The zero-order chi connectivity index (χ0) is 19.7. The quantitative estimate of drug-likeness (QED) is 0.473. The van der Waals surface area contributed by atoms with E-state index in [1.807, 2.05) is 60.4 Å². The lowest BCUT2D eigenvalue weighted by molar-refractivity contribution is 0.0518. The molecule has 28 heavy (non-hydrogen) atoms. The molecule has 4 rings (SSSR count). The van der Waals surface area contributed by atoms with Gasteiger partial charge in [0, 0.05) is 23.0 Å². The Labute approximate surface area is 167 Å². The molecule has 0 saturated heterocycles. The summed E-state index contributed by atoms with van der Waals surface area (Å²) < 4.78 is 8.73. The van der Waals surface area contributed by atoms with Gasteiger partial charge in [-0.05, 0) is 30.7 Å². The van der Waals surface area contributed by atoms with Gasteiger partial charge in [-0.3, -0.25) is 9.36 Å². The molecule has 2 aromatic heterocycles. The minimum atomic E-state index is -0.441. The smallest absolute Gasteiger partial charge is 0.358 e. The first-order chi connectivity index (χ1) is 13.6. The van der Waals surface area contributed by atoms with E-state index >= 15 is 0 Å². The first-order valence-electron chi connectivity index (χ1n) is 8.97. The molecule has 0 bridgehead atoms. The fourth-order valence-electron chi connectivity index (χ4n) is 3.17. The fraction of sp³-hybridized carbons (Fsp3) is 0.190. The molecule has 2 heterocycles. The number of halogens is 1. The highest BCUT2D eigenvalue weighted by Gasteiger charge is 2.18. The number of benzene rings is 2. The summed E-state index contributed by atoms with van der Waals surface area (Å²) in [5.41, 5.74) is 3.94. The molecule has 0 atom stereocenters. The van der Waals surface area contributed by atoms with Crippen LogP contribution in [-0.2, 0) is 18.3 Å². The first-order valence-corrected chi connectivity index (χ1v) is 9.35. The van der Waals surface area contributed by atoms with Crippen LogP contribution in [0.5, 0.6) is 0 Å². The maximum atomic E-state index is 12.2. The van der Waals surface area contributed by atoms with Gasteiger partial charge in [-0.15, -0.1) is 0 Å². The minimum absolute atomic E-state index is 0.272. The number of fused-ring (bicyclic) bond motifs is 1. The van der Waals surface area contributed by atoms with Crippen molar-refractivity contribution in [3.63, 3.8) is 0 Å². The first kappa shape index (κ1) is 18.3. The van der Waals surface area contributed by atoms with Gasteiger partial charge in [0.25, 0.3) is 0 Å². The summed E-state index contributed by atoms with van der Waals surface area (Å²) >= 11 is 6.33. The Hall–Kier alpha value is -3.12. The molecule has 0 spiro atoms. The van der Waals surface area contributed by atoms with Crippen molar-refractivity contribution in [3.05, 3.63) is 71.0 Å². The largest absolute Gasteiger partial charge is 0.461 e. The summed E-state index contributed by atoms with van der Waals surface area (Å²) in [4.78, 5) is 12.2. The monoisotopic (exact) mass is 394 g/mol. The van der Waals surface area contributed by atoms with Crippen molar-refractivity contribution in [1.82, 2.24) is 19.6 Å². The lowest BCUT2D eigenvalue weighted by Crippen LogP contribution is -2.08. The third kappa shape index (κ3) is 3.39. The zero-order valence-electron chi connectivity index (χ0n) is 15.6. The maximum absolute atomic E-state index is 12.2. The van der Waals surface area contributed by atoms with E-state index in [1.165, 1.54) is 0 Å². The van der Waals surface area contributed by atoms with Gasteiger partial charge in [-0.1, -0.05) is 41.9 Å². The summed E-state index contributed by atoms with van der Waals surface area (Å²) in [6.45, 7) is 2.51. The highest BCUT2D eigenvalue weighted by molar-refractivity contribution is 6.31. The Morgan fingerprint density at radius 2 is 2.00 bits per heavy atom. The molecule has 0 aliphatic carbocycles. The number of aryl methyl sites for hydroxylation is 1. The van der Waals surface area contributed by atoms with Gasteiger partial charge in [-0.2, -0.15) is 10.2 Å². The predicted molar refractivity (Wildman–Crippen MR) is 108 cm³/mol. The van der Waals surface area contributed by atoms with E-state index in [9.17, 15) is 4.79 Å². The van der Waals surface area contributed by atoms with E-state index in [-0.39, 0.29) is 5.69 Å². The lowest BCUT2D eigenvalue weighted by atomic mass is 10.1. The summed E-state index contributed by atoms with van der Waals surface area (Å²) in [5.74, 6) is -0.441. The molecule has 6 nitrogen and oxygen atoms in total. The highest BCUT2D eigenvalue weighted by atomic mass is 35.5. The Kier molecular flexibility index (Phi) is 4.88. The number of aromatic nitrogens is 4. The Bertz CT molecular complexity index is 1160. The molecule has 2 aromatic carbocycles. The molecule has 142 valence electrons. The molecular weight excluding hydrogens is 376 g/mol. The molecule has 7 heteroatoms. The minimum Gasteiger partial charge on any atom is -0.461 e. The Morgan fingerprint density at radius 3 is 2.79 bits per heavy atom. The summed E-state index contributed by atoms with van der Waals surface area (Å²) in [6, 6.07) is 15.4. The van der Waals surface area contributed by atoms with E-state index in [0.29, 0.717) is 18.2 Å². The summed E-state index contributed by atoms with van der Waals surface area (Å²) in [6.07, 6.45) is 1.82. The van der Waals surface area contributed by atoms with Crippen molar-refractivity contribution < 1.29 is 9.53 Å². The Balaban J connectivity index is 1.82. The van der Waals surface area contributed by atoms with E-state index in [0.717, 1.165) is 27.7 Å². The van der Waals surface area contributed by atoms with Crippen molar-refractivity contribution >= 4 is 28.5 Å². The van der Waals surface area contributed by atoms with Gasteiger partial charge in [0.15, 0.2) is 5.69 Å². The van der Waals surface area contributed by atoms with Crippen LogP contribution in [0, 0.1) is 0 Å². The number of carbonyl (C=O) groups excluding carboxylic acids is 1. The van der Waals surface area contributed by atoms with Crippen LogP contribution < -0.4 is 0 Å². The van der Waals surface area contributed by atoms with Gasteiger partial charge < -0.3 is 4.74 Å². The van der Waals surface area contributed by atoms with Crippen molar-refractivity contribution in [2.75, 3.05) is 6.61 Å². The second-order valence-corrected chi connectivity index (χ2v) is 6.83. The number of hydrogen-bond acceptors (Lipinski definition) is 4. The standard InChI is InChI=1S/C21H19ClN4O2/c1-3-28-21(27)18-11-20(14-8-9-15-12-23-25(2)19(15)10-14)26(24-18)13-16-6-4-5-7-17(16)22/h4-12H,3,13H2,1-2H3. The molecule has 0 amide bonds. The molecule has 0 N–H and O–H groups in total. The molecule has 0 unspecified atom stereocenters. The van der Waals surface area contributed by atoms with Crippen molar-refractivity contribution in [1.29, 1.82) is 0 Å². The molecule has 4 aromatic rings. The highest BCUT2D eigenvalue weighted by Crippen LogP contribution is 2.27. The molecule has 0 saturated carbocycles. The second-order valence-electron chi connectivity index (χ2n) is 6.43. The van der Waals surface area contributed by atoms with Crippen LogP contribution >= 0.6 is 11.6 Å². The summed E-state index contributed by atoms with van der Waals surface area (Å²) in [7, 11) is 1.90. The normalized spacial score (nSPS) is 11.1. The Morgan fingerprint density at radius 1 is 1.18 bits per heavy atom. The van der Waals surface area contributed by atoms with E-state index in [4.69, 9.17) is 16.3 Å². The van der Waals surface area contributed by atoms with Crippen LogP contribution in [-0.4, -0.2) is 32.1 Å². The number of carbonyl (C=O) groups is 1. The maximum Gasteiger partial charge on any atom is 0.358 e. The van der Waals surface area contributed by atoms with Crippen molar-refractivity contribution in [2.45, 2.75) is 13.5 Å². The van der Waals surface area contributed by atoms with E-state index < -0.39 is 5.97 Å². The summed E-state index contributed by atoms with van der Waals surface area (Å²) in [5, 5.41) is 10.5. The van der Waals surface area contributed by atoms with E-state index in [2.05, 4.69) is 10.2 Å². The molecule has 0 radical (unpaired) electrons. The molecule has 0 fully saturated rings. The SMILES string of the molecule is CCOC(=O)c1cc(-c2ccc3cnn(C)c3c2)n(Cc2ccccc2Cl)n1. The van der Waals surface area contributed by atoms with Gasteiger partial charge >= 0.3 is 5.97 Å². The number of nitrogens with zero attached hydrogens (tertiary/aromatic N) is 4. The third-order valence-electron chi connectivity index (χ3n) is 4.59. The number of ether oxygens (including phenoxy) is 1. The van der Waals surface area contributed by atoms with Gasteiger partial charge in [0.2, 0.25) is 0 Å². The van der Waals surface area contributed by atoms with Crippen molar-refractivity contribution in [2.24, 2.45) is 7.05 Å². The zero-order valence-corrected chi connectivity index (χ0v) is 16.3. The second kappa shape index (κ2) is 7.48. The number of rotatable bonds is 5. The van der Waals surface area contributed by atoms with Gasteiger partial charge in [-0.25, -0.2) is 4.79 Å². The average molecular weight is 395 g/mol. The topological polar surface area (TPSA) is 61.9 Å². The average Bonchev–Trinajstić information content (AvgIpc) is 3.28. The molecule has 0 aliphatic rings. The van der Waals surface area contributed by atoms with Crippen molar-refractivity contribution in [3.8, 4) is 11.3 Å². The molecule has 0 aliphatic heterocycles. The predicted octanol–water partition coefficient (Wildman–Crippen LogP) is 4.32.